The Bertz CT molecular complexity index is 629. The molecule has 2 aromatic carbocycles. The highest BCUT2D eigenvalue weighted by atomic mass is 19.1. The summed E-state index contributed by atoms with van der Waals surface area (Å²) in [5.74, 6) is -0.323. The lowest BCUT2D eigenvalue weighted by Gasteiger charge is -2.28. The van der Waals surface area contributed by atoms with Crippen molar-refractivity contribution in [3.05, 3.63) is 59.4 Å². The number of hydrogen-bond donors (Lipinski definition) is 2. The molecule has 2 nitrogen and oxygen atoms in total. The zero-order valence-electron chi connectivity index (χ0n) is 12.6. The Morgan fingerprint density at radius 2 is 1.71 bits per heavy atom. The first-order valence-electron chi connectivity index (χ1n) is 7.01. The monoisotopic (exact) mass is 288 g/mol. The smallest absolute Gasteiger partial charge is 0.131 e. The van der Waals surface area contributed by atoms with E-state index in [4.69, 9.17) is 0 Å². The minimum absolute atomic E-state index is 0.110. The van der Waals surface area contributed by atoms with Crippen LogP contribution in [0.4, 0.5) is 4.39 Å². The fourth-order valence-corrected chi connectivity index (χ4v) is 2.33. The third kappa shape index (κ3) is 3.31. The van der Waals surface area contributed by atoms with Gasteiger partial charge in [-0.15, -0.1) is 0 Å². The summed E-state index contributed by atoms with van der Waals surface area (Å²) < 4.78 is 14.1. The van der Waals surface area contributed by atoms with Crippen molar-refractivity contribution >= 4 is 0 Å². The molecule has 0 aliphatic rings. The molecule has 1 atom stereocenters. The van der Waals surface area contributed by atoms with Gasteiger partial charge in [0.2, 0.25) is 0 Å². The van der Waals surface area contributed by atoms with Crippen molar-refractivity contribution in [3.8, 4) is 11.1 Å². The maximum absolute atomic E-state index is 14.1. The first kappa shape index (κ1) is 15.7. The average Bonchev–Trinajstić information content (AvgIpc) is 2.45. The lowest BCUT2D eigenvalue weighted by molar-refractivity contribution is 0.0630. The van der Waals surface area contributed by atoms with Crippen molar-refractivity contribution in [2.24, 2.45) is 5.41 Å². The molecule has 3 heteroatoms. The Kier molecular flexibility index (Phi) is 4.45. The van der Waals surface area contributed by atoms with Crippen molar-refractivity contribution in [3.63, 3.8) is 0 Å². The summed E-state index contributed by atoms with van der Waals surface area (Å²) in [5, 5.41) is 19.9. The van der Waals surface area contributed by atoms with E-state index in [0.29, 0.717) is 22.3 Å². The minimum atomic E-state index is -0.751. The standard InChI is InChI=1S/C18H21FO2/c1-18(2,3)17(21)15-10-12(11-20)8-9-13(15)14-6-4-5-7-16(14)19/h4-10,17,20-21H,11H2,1-3H3/t17-/m0/s1. The second-order valence-corrected chi connectivity index (χ2v) is 6.33. The van der Waals surface area contributed by atoms with Crippen LogP contribution in [-0.4, -0.2) is 10.2 Å². The summed E-state index contributed by atoms with van der Waals surface area (Å²) >= 11 is 0. The van der Waals surface area contributed by atoms with Gasteiger partial charge in [0.05, 0.1) is 12.7 Å². The number of halogens is 1. The van der Waals surface area contributed by atoms with Crippen LogP contribution in [0.3, 0.4) is 0 Å². The van der Waals surface area contributed by atoms with E-state index in [-0.39, 0.29) is 17.8 Å². The number of aliphatic hydroxyl groups is 2. The van der Waals surface area contributed by atoms with Crippen molar-refractivity contribution in [2.45, 2.75) is 33.5 Å². The van der Waals surface area contributed by atoms with Crippen molar-refractivity contribution in [2.75, 3.05) is 0 Å². The summed E-state index contributed by atoms with van der Waals surface area (Å²) in [4.78, 5) is 0. The summed E-state index contributed by atoms with van der Waals surface area (Å²) in [7, 11) is 0. The number of hydrogen-bond acceptors (Lipinski definition) is 2. The molecule has 0 radical (unpaired) electrons. The third-order valence-corrected chi connectivity index (χ3v) is 3.58. The molecular formula is C18H21FO2. The summed E-state index contributed by atoms with van der Waals surface area (Å²) in [6, 6.07) is 11.8. The van der Waals surface area contributed by atoms with E-state index < -0.39 is 6.10 Å². The third-order valence-electron chi connectivity index (χ3n) is 3.58. The Hall–Kier alpha value is -1.71. The van der Waals surface area contributed by atoms with E-state index in [1.165, 1.54) is 6.07 Å². The van der Waals surface area contributed by atoms with E-state index in [9.17, 15) is 14.6 Å². The molecule has 2 aromatic rings. The molecule has 0 saturated heterocycles. The first-order chi connectivity index (χ1) is 9.84. The van der Waals surface area contributed by atoms with Crippen LogP contribution in [0.1, 0.15) is 38.0 Å². The van der Waals surface area contributed by atoms with E-state index >= 15 is 0 Å². The summed E-state index contributed by atoms with van der Waals surface area (Å²) in [5.41, 5.74) is 2.08. The minimum Gasteiger partial charge on any atom is -0.392 e. The Labute approximate surface area is 124 Å². The Balaban J connectivity index is 2.64. The molecule has 112 valence electrons. The van der Waals surface area contributed by atoms with Gasteiger partial charge in [-0.2, -0.15) is 0 Å². The van der Waals surface area contributed by atoms with Crippen LogP contribution in [-0.2, 0) is 6.61 Å². The van der Waals surface area contributed by atoms with E-state index in [1.54, 1.807) is 36.4 Å². The molecule has 0 saturated carbocycles. The first-order valence-corrected chi connectivity index (χ1v) is 7.01. The zero-order valence-corrected chi connectivity index (χ0v) is 12.6. The molecule has 0 spiro atoms. The van der Waals surface area contributed by atoms with Gasteiger partial charge in [-0.3, -0.25) is 0 Å². The molecule has 2 N–H and O–H groups in total. The molecule has 0 unspecified atom stereocenters. The molecule has 0 heterocycles. The molecular weight excluding hydrogens is 267 g/mol. The largest absolute Gasteiger partial charge is 0.392 e. The number of rotatable bonds is 3. The second-order valence-electron chi connectivity index (χ2n) is 6.33. The molecule has 0 aromatic heterocycles. The molecule has 0 aliphatic carbocycles. The van der Waals surface area contributed by atoms with Crippen LogP contribution < -0.4 is 0 Å². The van der Waals surface area contributed by atoms with E-state index in [0.717, 1.165) is 0 Å². The predicted octanol–water partition coefficient (Wildman–Crippen LogP) is 4.06. The zero-order chi connectivity index (χ0) is 15.6. The predicted molar refractivity (Wildman–Crippen MR) is 82.2 cm³/mol. The van der Waals surface area contributed by atoms with Crippen molar-refractivity contribution in [1.82, 2.24) is 0 Å². The molecule has 2 rings (SSSR count). The van der Waals surface area contributed by atoms with Gasteiger partial charge >= 0.3 is 0 Å². The van der Waals surface area contributed by atoms with Gasteiger partial charge in [0, 0.05) is 5.56 Å². The van der Waals surface area contributed by atoms with Crippen LogP contribution in [0.2, 0.25) is 0 Å². The number of aliphatic hydroxyl groups excluding tert-OH is 2. The maximum Gasteiger partial charge on any atom is 0.131 e. The Morgan fingerprint density at radius 1 is 1.05 bits per heavy atom. The van der Waals surface area contributed by atoms with Gasteiger partial charge in [0.15, 0.2) is 0 Å². The molecule has 21 heavy (non-hydrogen) atoms. The van der Waals surface area contributed by atoms with E-state index in [1.807, 2.05) is 20.8 Å². The van der Waals surface area contributed by atoms with Gasteiger partial charge in [-0.25, -0.2) is 4.39 Å². The SMILES string of the molecule is CC(C)(C)[C@@H](O)c1cc(CO)ccc1-c1ccccc1F. The van der Waals surface area contributed by atoms with Crippen LogP contribution in [0, 0.1) is 11.2 Å². The number of benzene rings is 2. The lowest BCUT2D eigenvalue weighted by Crippen LogP contribution is -2.19. The second kappa shape index (κ2) is 5.96. The van der Waals surface area contributed by atoms with Gasteiger partial charge in [-0.1, -0.05) is 57.2 Å². The van der Waals surface area contributed by atoms with Gasteiger partial charge in [0.25, 0.3) is 0 Å². The average molecular weight is 288 g/mol. The molecule has 0 amide bonds. The van der Waals surface area contributed by atoms with Gasteiger partial charge in [0.1, 0.15) is 5.82 Å². The van der Waals surface area contributed by atoms with Gasteiger partial charge in [-0.05, 0) is 28.2 Å². The van der Waals surface area contributed by atoms with Crippen LogP contribution in [0.15, 0.2) is 42.5 Å². The van der Waals surface area contributed by atoms with Crippen LogP contribution >= 0.6 is 0 Å². The highest BCUT2D eigenvalue weighted by Gasteiger charge is 2.27. The molecule has 0 aliphatic heterocycles. The highest BCUT2D eigenvalue weighted by Crippen LogP contribution is 2.39. The van der Waals surface area contributed by atoms with Crippen LogP contribution in [0.5, 0.6) is 0 Å². The Morgan fingerprint density at radius 3 is 2.29 bits per heavy atom. The van der Waals surface area contributed by atoms with E-state index in [2.05, 4.69) is 0 Å². The van der Waals surface area contributed by atoms with Crippen molar-refractivity contribution in [1.29, 1.82) is 0 Å². The topological polar surface area (TPSA) is 40.5 Å². The molecule has 0 bridgehead atoms. The van der Waals surface area contributed by atoms with Crippen molar-refractivity contribution < 1.29 is 14.6 Å². The quantitative estimate of drug-likeness (QED) is 0.894. The van der Waals surface area contributed by atoms with Gasteiger partial charge < -0.3 is 10.2 Å². The summed E-state index contributed by atoms with van der Waals surface area (Å²) in [6.45, 7) is 5.67. The fourth-order valence-electron chi connectivity index (χ4n) is 2.33. The lowest BCUT2D eigenvalue weighted by atomic mass is 9.81. The van der Waals surface area contributed by atoms with Crippen LogP contribution in [0.25, 0.3) is 11.1 Å². The summed E-state index contributed by atoms with van der Waals surface area (Å²) in [6.07, 6.45) is -0.751. The maximum atomic E-state index is 14.1. The molecule has 0 fully saturated rings. The normalized spacial score (nSPS) is 13.2. The fraction of sp³-hybridized carbons (Fsp3) is 0.333. The highest BCUT2D eigenvalue weighted by molar-refractivity contribution is 5.69.